The maximum absolute atomic E-state index is 2.47. The van der Waals surface area contributed by atoms with E-state index >= 15 is 0 Å². The Kier molecular flexibility index (Phi) is 8.17. The molecule has 0 radical (unpaired) electrons. The summed E-state index contributed by atoms with van der Waals surface area (Å²) in [6, 6.07) is 91.0. The Labute approximate surface area is 387 Å². The highest BCUT2D eigenvalue weighted by Crippen LogP contribution is 2.56. The molecule has 0 nitrogen and oxygen atoms in total. The summed E-state index contributed by atoms with van der Waals surface area (Å²) >= 11 is 1.91. The largest absolute Gasteiger partial charge is 0.135 e. The summed E-state index contributed by atoms with van der Waals surface area (Å²) in [5, 5.41) is 12.8. The number of hydrogen-bond donors (Lipinski definition) is 0. The van der Waals surface area contributed by atoms with Crippen molar-refractivity contribution in [3.63, 3.8) is 0 Å². The van der Waals surface area contributed by atoms with Crippen LogP contribution in [0.2, 0.25) is 0 Å². The van der Waals surface area contributed by atoms with Crippen molar-refractivity contribution in [2.45, 2.75) is 5.41 Å². The molecule has 0 spiro atoms. The van der Waals surface area contributed by atoms with Crippen LogP contribution < -0.4 is 0 Å². The van der Waals surface area contributed by atoms with E-state index in [1.165, 1.54) is 130 Å². The van der Waals surface area contributed by atoms with Gasteiger partial charge in [-0.1, -0.05) is 206 Å². The van der Waals surface area contributed by atoms with Crippen LogP contribution in [0, 0.1) is 0 Å². The lowest BCUT2D eigenvalue weighted by Crippen LogP contribution is -2.28. The van der Waals surface area contributed by atoms with Crippen LogP contribution in [0.25, 0.3) is 108 Å². The normalized spacial score (nSPS) is 13.0. The molecule has 0 saturated carbocycles. The summed E-state index contributed by atoms with van der Waals surface area (Å²) in [5.41, 5.74) is 14.8. The van der Waals surface area contributed by atoms with Gasteiger partial charge in [0.15, 0.2) is 0 Å². The molecule has 0 bridgehead atoms. The quantitative estimate of drug-likeness (QED) is 0.151. The van der Waals surface area contributed by atoms with Crippen molar-refractivity contribution in [2.24, 2.45) is 0 Å². The zero-order valence-electron chi connectivity index (χ0n) is 36.0. The zero-order chi connectivity index (χ0) is 43.3. The average Bonchev–Trinajstić information content (AvgIpc) is 3.92. The van der Waals surface area contributed by atoms with E-state index in [-0.39, 0.29) is 0 Å². The lowest BCUT2D eigenvalue weighted by molar-refractivity contribution is 0.768. The second-order valence-electron chi connectivity index (χ2n) is 17.9. The first-order valence-corrected chi connectivity index (χ1v) is 23.7. The predicted molar refractivity (Wildman–Crippen MR) is 283 cm³/mol. The van der Waals surface area contributed by atoms with Crippen molar-refractivity contribution in [1.82, 2.24) is 0 Å². The molecular formula is C65H40S. The summed E-state index contributed by atoms with van der Waals surface area (Å²) in [6.07, 6.45) is 0. The van der Waals surface area contributed by atoms with E-state index < -0.39 is 5.41 Å². The van der Waals surface area contributed by atoms with E-state index in [0.717, 1.165) is 0 Å². The molecule has 1 aromatic heterocycles. The van der Waals surface area contributed by atoms with Crippen LogP contribution in [-0.2, 0) is 5.41 Å². The Morgan fingerprint density at radius 2 is 0.727 bits per heavy atom. The summed E-state index contributed by atoms with van der Waals surface area (Å²) in [5.74, 6) is 0. The maximum atomic E-state index is 2.47. The molecule has 0 atom stereocenters. The highest BCUT2D eigenvalue weighted by Gasteiger charge is 2.45. The molecule has 0 fully saturated rings. The van der Waals surface area contributed by atoms with E-state index in [0.29, 0.717) is 0 Å². The third-order valence-corrected chi connectivity index (χ3v) is 15.7. The smallest absolute Gasteiger partial charge is 0.0713 e. The molecule has 0 aliphatic heterocycles. The van der Waals surface area contributed by atoms with Crippen LogP contribution in [0.1, 0.15) is 22.3 Å². The van der Waals surface area contributed by atoms with E-state index in [1.54, 1.807) is 0 Å². The maximum Gasteiger partial charge on any atom is 0.0713 e. The third kappa shape index (κ3) is 5.38. The fourth-order valence-corrected chi connectivity index (χ4v) is 12.8. The number of benzene rings is 12. The lowest BCUT2D eigenvalue weighted by atomic mass is 9.67. The van der Waals surface area contributed by atoms with Crippen molar-refractivity contribution < 1.29 is 0 Å². The van der Waals surface area contributed by atoms with Crippen molar-refractivity contribution >= 4 is 74.6 Å². The second-order valence-corrected chi connectivity index (χ2v) is 18.9. The van der Waals surface area contributed by atoms with Gasteiger partial charge in [-0.2, -0.15) is 0 Å². The van der Waals surface area contributed by atoms with Crippen LogP contribution in [-0.4, -0.2) is 0 Å². The van der Waals surface area contributed by atoms with Crippen molar-refractivity contribution in [1.29, 1.82) is 0 Å². The average molecular weight is 853 g/mol. The van der Waals surface area contributed by atoms with Crippen LogP contribution in [0.3, 0.4) is 0 Å². The minimum Gasteiger partial charge on any atom is -0.135 e. The lowest BCUT2D eigenvalue weighted by Gasteiger charge is -2.34. The first-order chi connectivity index (χ1) is 32.7. The fourth-order valence-electron chi connectivity index (χ4n) is 11.6. The zero-order valence-corrected chi connectivity index (χ0v) is 36.8. The first kappa shape index (κ1) is 37.3. The van der Waals surface area contributed by atoms with Crippen LogP contribution in [0.5, 0.6) is 0 Å². The number of thiophene rings is 1. The SMILES string of the molecule is c1ccc(C2(c3ccc(-c4cc(-c5cc6ccccc6c6ccccc56)cc5c4sc4ccc(-c6cc7ccccc7c7ccccc67)cc45)cc3)c3ccccc3-c3ccccc32)cc1. The fraction of sp³-hybridized carbons (Fsp3) is 0.0154. The highest BCUT2D eigenvalue weighted by molar-refractivity contribution is 7.26. The predicted octanol–water partition coefficient (Wildman–Crippen LogP) is 18.0. The molecule has 0 saturated heterocycles. The van der Waals surface area contributed by atoms with Gasteiger partial charge in [-0.15, -0.1) is 11.3 Å². The monoisotopic (exact) mass is 852 g/mol. The molecule has 0 unspecified atom stereocenters. The van der Waals surface area contributed by atoms with Crippen molar-refractivity contribution in [2.75, 3.05) is 0 Å². The Bertz CT molecular complexity index is 4050. The summed E-state index contributed by atoms with van der Waals surface area (Å²) < 4.78 is 2.60. The molecule has 1 heterocycles. The molecule has 306 valence electrons. The van der Waals surface area contributed by atoms with Gasteiger partial charge in [0, 0.05) is 25.7 Å². The van der Waals surface area contributed by atoms with Gasteiger partial charge in [-0.25, -0.2) is 0 Å². The first-order valence-electron chi connectivity index (χ1n) is 22.9. The Hall–Kier alpha value is -8.10. The molecule has 12 aromatic carbocycles. The van der Waals surface area contributed by atoms with Crippen LogP contribution in [0.15, 0.2) is 243 Å². The minimum absolute atomic E-state index is 0.449. The van der Waals surface area contributed by atoms with Gasteiger partial charge in [-0.3, -0.25) is 0 Å². The van der Waals surface area contributed by atoms with E-state index in [9.17, 15) is 0 Å². The van der Waals surface area contributed by atoms with E-state index in [4.69, 9.17) is 0 Å². The Morgan fingerprint density at radius 3 is 1.35 bits per heavy atom. The van der Waals surface area contributed by atoms with Gasteiger partial charge in [0.25, 0.3) is 0 Å². The summed E-state index contributed by atoms with van der Waals surface area (Å²) in [7, 11) is 0. The third-order valence-electron chi connectivity index (χ3n) is 14.5. The Balaban J connectivity index is 1.02. The van der Waals surface area contributed by atoms with E-state index in [1.807, 2.05) is 11.3 Å². The molecule has 14 rings (SSSR count). The minimum atomic E-state index is -0.449. The van der Waals surface area contributed by atoms with Gasteiger partial charge < -0.3 is 0 Å². The molecule has 0 N–H and O–H groups in total. The molecule has 13 aromatic rings. The number of rotatable bonds is 5. The summed E-state index contributed by atoms with van der Waals surface area (Å²) in [4.78, 5) is 0. The second kappa shape index (κ2) is 14.5. The van der Waals surface area contributed by atoms with E-state index in [2.05, 4.69) is 243 Å². The molecule has 66 heavy (non-hydrogen) atoms. The van der Waals surface area contributed by atoms with Gasteiger partial charge in [0.2, 0.25) is 0 Å². The molecule has 1 aliphatic carbocycles. The molecular weight excluding hydrogens is 813 g/mol. The van der Waals surface area contributed by atoms with Gasteiger partial charge in [-0.05, 0) is 141 Å². The molecule has 1 aliphatic rings. The van der Waals surface area contributed by atoms with Crippen molar-refractivity contribution in [3.8, 4) is 44.5 Å². The van der Waals surface area contributed by atoms with Gasteiger partial charge >= 0.3 is 0 Å². The standard InChI is InChI=1S/C65H40S/c1-2-18-46(19-3-1)65(61-28-14-12-26-54(61)55-27-13-15-29-62(55)65)47-33-30-41(31-34-47)58-39-45(57-37-43-17-5-7-21-49(43)51-23-9-11-25-53(51)57)40-60-59-38-44(32-35-63(59)66-64(58)60)56-36-42-16-4-6-20-48(42)50-22-8-10-24-52(50)56/h1-40H. The highest BCUT2D eigenvalue weighted by atomic mass is 32.1. The van der Waals surface area contributed by atoms with Crippen molar-refractivity contribution in [3.05, 3.63) is 265 Å². The van der Waals surface area contributed by atoms with Gasteiger partial charge in [0.1, 0.15) is 0 Å². The van der Waals surface area contributed by atoms with Gasteiger partial charge in [0.05, 0.1) is 5.41 Å². The van der Waals surface area contributed by atoms with Crippen LogP contribution >= 0.6 is 11.3 Å². The summed E-state index contributed by atoms with van der Waals surface area (Å²) in [6.45, 7) is 0. The number of fused-ring (bicyclic) bond motifs is 12. The van der Waals surface area contributed by atoms with Crippen LogP contribution in [0.4, 0.5) is 0 Å². The number of hydrogen-bond acceptors (Lipinski definition) is 1. The molecule has 1 heteroatoms. The molecule has 0 amide bonds. The topological polar surface area (TPSA) is 0 Å². The Morgan fingerprint density at radius 1 is 0.258 bits per heavy atom.